The van der Waals surface area contributed by atoms with Gasteiger partial charge in [0.25, 0.3) is 0 Å². The van der Waals surface area contributed by atoms with Gasteiger partial charge in [-0.3, -0.25) is 4.98 Å². The maximum absolute atomic E-state index is 11.6. The summed E-state index contributed by atoms with van der Waals surface area (Å²) in [4.78, 5) is 10.4. The highest BCUT2D eigenvalue weighted by Crippen LogP contribution is 2.35. The Morgan fingerprint density at radius 1 is 1.15 bits per heavy atom. The Balaban J connectivity index is 1.61. The molecule has 0 N–H and O–H groups in total. The minimum Gasteiger partial charge on any atom is -0.367 e. The monoisotopic (exact) mass is 399 g/mol. The molecule has 7 heteroatoms. The summed E-state index contributed by atoms with van der Waals surface area (Å²) < 4.78 is 23.1. The average Bonchev–Trinajstić information content (AvgIpc) is 3.04. The third-order valence-electron chi connectivity index (χ3n) is 4.71. The van der Waals surface area contributed by atoms with Crippen LogP contribution in [0.1, 0.15) is 11.1 Å². The van der Waals surface area contributed by atoms with Gasteiger partial charge in [-0.05, 0) is 41.3 Å². The predicted molar refractivity (Wildman–Crippen MR) is 107 cm³/mol. The molecule has 1 aliphatic heterocycles. The van der Waals surface area contributed by atoms with Crippen molar-refractivity contribution in [3.8, 4) is 11.1 Å². The molecule has 1 aromatic carbocycles. The first-order valence-electron chi connectivity index (χ1n) is 8.54. The number of sulfone groups is 1. The van der Waals surface area contributed by atoms with Crippen molar-refractivity contribution in [1.82, 2.24) is 9.97 Å². The van der Waals surface area contributed by atoms with E-state index in [1.165, 1.54) is 11.3 Å². The van der Waals surface area contributed by atoms with E-state index in [4.69, 9.17) is 11.6 Å². The minimum absolute atomic E-state index is 0.0997. The summed E-state index contributed by atoms with van der Waals surface area (Å²) in [7, 11) is -3.28. The summed E-state index contributed by atoms with van der Waals surface area (Å²) in [5.41, 5.74) is 5.46. The van der Waals surface area contributed by atoms with Crippen molar-refractivity contribution in [3.05, 3.63) is 71.1 Å². The summed E-state index contributed by atoms with van der Waals surface area (Å²) >= 11 is 6.29. The number of rotatable bonds is 4. The topological polar surface area (TPSA) is 63.2 Å². The molecule has 0 radical (unpaired) electrons. The van der Waals surface area contributed by atoms with E-state index < -0.39 is 9.84 Å². The zero-order valence-corrected chi connectivity index (χ0v) is 16.3. The molecule has 0 atom stereocenters. The number of hydrogen-bond donors (Lipinski definition) is 0. The normalized spacial score (nSPS) is 13.6. The predicted octanol–water partition coefficient (Wildman–Crippen LogP) is 3.76. The zero-order valence-electron chi connectivity index (χ0n) is 14.8. The Labute approximate surface area is 163 Å². The lowest BCUT2D eigenvalue weighted by Gasteiger charge is -2.20. The van der Waals surface area contributed by atoms with Gasteiger partial charge in [0.15, 0.2) is 14.9 Å². The van der Waals surface area contributed by atoms with Gasteiger partial charge >= 0.3 is 0 Å². The number of halogens is 1. The fraction of sp³-hybridized carbons (Fsp3) is 0.200. The van der Waals surface area contributed by atoms with Crippen molar-refractivity contribution in [1.29, 1.82) is 0 Å². The molecule has 5 nitrogen and oxygen atoms in total. The smallest absolute Gasteiger partial charge is 0.192 e. The summed E-state index contributed by atoms with van der Waals surface area (Å²) in [5.74, 6) is 0. The lowest BCUT2D eigenvalue weighted by Crippen LogP contribution is -2.20. The summed E-state index contributed by atoms with van der Waals surface area (Å²) in [6.07, 6.45) is 7.17. The van der Waals surface area contributed by atoms with Crippen molar-refractivity contribution < 1.29 is 8.42 Å². The number of hydrogen-bond acceptors (Lipinski definition) is 5. The van der Waals surface area contributed by atoms with Crippen molar-refractivity contribution >= 4 is 27.1 Å². The van der Waals surface area contributed by atoms with Crippen LogP contribution in [-0.4, -0.2) is 31.2 Å². The molecule has 0 spiro atoms. The van der Waals surface area contributed by atoms with Crippen molar-refractivity contribution in [2.45, 2.75) is 18.0 Å². The number of anilines is 1. The van der Waals surface area contributed by atoms with Crippen LogP contribution in [0, 0.1) is 0 Å². The van der Waals surface area contributed by atoms with Crippen molar-refractivity contribution in [2.75, 3.05) is 17.7 Å². The van der Waals surface area contributed by atoms with E-state index in [0.717, 1.165) is 35.9 Å². The Morgan fingerprint density at radius 2 is 2.00 bits per heavy atom. The number of fused-ring (bicyclic) bond motifs is 1. The summed E-state index contributed by atoms with van der Waals surface area (Å²) in [5, 5.41) is 0.727. The van der Waals surface area contributed by atoms with Crippen LogP contribution in [0.2, 0.25) is 5.02 Å². The second-order valence-electron chi connectivity index (χ2n) is 6.65. The highest BCUT2D eigenvalue weighted by molar-refractivity contribution is 7.90. The van der Waals surface area contributed by atoms with Crippen LogP contribution < -0.4 is 4.90 Å². The molecule has 2 aromatic heterocycles. The molecule has 0 saturated heterocycles. The van der Waals surface area contributed by atoms with Crippen molar-refractivity contribution in [3.63, 3.8) is 0 Å². The molecule has 0 saturated carbocycles. The third kappa shape index (κ3) is 3.68. The fourth-order valence-electron chi connectivity index (χ4n) is 3.33. The van der Waals surface area contributed by atoms with Crippen molar-refractivity contribution in [2.24, 2.45) is 0 Å². The maximum Gasteiger partial charge on any atom is 0.192 e. The molecule has 27 heavy (non-hydrogen) atoms. The van der Waals surface area contributed by atoms with Gasteiger partial charge in [-0.2, -0.15) is 0 Å². The first-order valence-corrected chi connectivity index (χ1v) is 10.8. The molecule has 4 rings (SSSR count). The second-order valence-corrected chi connectivity index (χ2v) is 9.02. The van der Waals surface area contributed by atoms with Crippen LogP contribution in [0.3, 0.4) is 0 Å². The molecular weight excluding hydrogens is 382 g/mol. The average molecular weight is 400 g/mol. The van der Waals surface area contributed by atoms with Gasteiger partial charge in [-0.1, -0.05) is 29.8 Å². The Morgan fingerprint density at radius 3 is 2.70 bits per heavy atom. The summed E-state index contributed by atoms with van der Waals surface area (Å²) in [6, 6.07) is 11.7. The molecule has 0 amide bonds. The van der Waals surface area contributed by atoms with E-state index in [-0.39, 0.29) is 5.03 Å². The number of pyridine rings is 2. The third-order valence-corrected chi connectivity index (χ3v) is 6.01. The van der Waals surface area contributed by atoms with E-state index >= 15 is 0 Å². The van der Waals surface area contributed by atoms with Crippen LogP contribution >= 0.6 is 11.6 Å². The van der Waals surface area contributed by atoms with Crippen LogP contribution in [0.5, 0.6) is 0 Å². The van der Waals surface area contributed by atoms with Gasteiger partial charge in [-0.25, -0.2) is 13.4 Å². The van der Waals surface area contributed by atoms with Crippen LogP contribution in [-0.2, 0) is 22.8 Å². The number of nitrogens with zero attached hydrogens (tertiary/aromatic N) is 3. The molecule has 0 bridgehead atoms. The second kappa shape index (κ2) is 6.94. The Bertz CT molecular complexity index is 1100. The fourth-order valence-corrected chi connectivity index (χ4v) is 4.12. The van der Waals surface area contributed by atoms with E-state index in [0.29, 0.717) is 11.6 Å². The number of benzene rings is 1. The Hall–Kier alpha value is -2.44. The highest BCUT2D eigenvalue weighted by Gasteiger charge is 2.20. The van der Waals surface area contributed by atoms with E-state index in [9.17, 15) is 8.42 Å². The molecule has 0 unspecified atom stereocenters. The molecule has 1 aliphatic rings. The maximum atomic E-state index is 11.6. The van der Waals surface area contributed by atoms with E-state index in [1.54, 1.807) is 24.7 Å². The molecular formula is C20H18ClN3O2S. The SMILES string of the molecule is CS(=O)(=O)c1ccc(CN2CCc3ccc(-c4ccncc4Cl)cc32)cn1. The first kappa shape index (κ1) is 17.9. The highest BCUT2D eigenvalue weighted by atomic mass is 35.5. The van der Waals surface area contributed by atoms with Gasteiger partial charge in [0.1, 0.15) is 0 Å². The van der Waals surface area contributed by atoms with Crippen LogP contribution in [0.4, 0.5) is 5.69 Å². The van der Waals surface area contributed by atoms with Gasteiger partial charge in [0.2, 0.25) is 0 Å². The number of aromatic nitrogens is 2. The van der Waals surface area contributed by atoms with Crippen LogP contribution in [0.15, 0.2) is 60.0 Å². The van der Waals surface area contributed by atoms with Gasteiger partial charge in [-0.15, -0.1) is 0 Å². The molecule has 3 heterocycles. The summed E-state index contributed by atoms with van der Waals surface area (Å²) in [6.45, 7) is 1.59. The molecule has 0 fully saturated rings. The minimum atomic E-state index is -3.28. The molecule has 138 valence electrons. The van der Waals surface area contributed by atoms with Crippen LogP contribution in [0.25, 0.3) is 11.1 Å². The van der Waals surface area contributed by atoms with E-state index in [1.807, 2.05) is 12.1 Å². The largest absolute Gasteiger partial charge is 0.367 e. The standard InChI is InChI=1S/C20H18ClN3O2S/c1-27(25,26)20-5-2-14(11-23-20)13-24-9-7-15-3-4-16(10-19(15)24)17-6-8-22-12-18(17)21/h2-6,8,10-12H,7,9,13H2,1H3. The van der Waals surface area contributed by atoms with Gasteiger partial charge in [0, 0.05) is 49.2 Å². The van der Waals surface area contributed by atoms with Gasteiger partial charge in [0.05, 0.1) is 5.02 Å². The quantitative estimate of drug-likeness (QED) is 0.668. The molecule has 0 aliphatic carbocycles. The first-order chi connectivity index (χ1) is 12.9. The zero-order chi connectivity index (χ0) is 19.0. The van der Waals surface area contributed by atoms with E-state index in [2.05, 4.69) is 33.1 Å². The Kier molecular flexibility index (Phi) is 4.61. The lowest BCUT2D eigenvalue weighted by molar-refractivity contribution is 0.598. The lowest BCUT2D eigenvalue weighted by atomic mass is 10.0. The molecule has 3 aromatic rings. The van der Waals surface area contributed by atoms with Gasteiger partial charge < -0.3 is 4.90 Å².